The molecule has 124 valence electrons. The Morgan fingerprint density at radius 2 is 1.79 bits per heavy atom. The average molecular weight is 336 g/mol. The van der Waals surface area contributed by atoms with E-state index in [1.165, 1.54) is 14.0 Å². The summed E-state index contributed by atoms with van der Waals surface area (Å²) in [6.45, 7) is 1.35. The van der Waals surface area contributed by atoms with Crippen LogP contribution in [0.5, 0.6) is 5.75 Å². The number of aromatic nitrogens is 2. The molecule has 0 unspecified atom stereocenters. The van der Waals surface area contributed by atoms with Gasteiger partial charge in [0.25, 0.3) is 5.56 Å². The normalized spacial score (nSPS) is 11.0. The van der Waals surface area contributed by atoms with Crippen molar-refractivity contribution in [2.45, 2.75) is 6.92 Å². The van der Waals surface area contributed by atoms with Crippen LogP contribution in [0.4, 0.5) is 13.2 Å². The Labute approximate surface area is 132 Å². The van der Waals surface area contributed by atoms with Gasteiger partial charge in [-0.2, -0.15) is 0 Å². The van der Waals surface area contributed by atoms with Crippen molar-refractivity contribution in [3.63, 3.8) is 0 Å². The molecule has 3 aromatic rings. The lowest BCUT2D eigenvalue weighted by Gasteiger charge is -2.15. The lowest BCUT2D eigenvalue weighted by Crippen LogP contribution is -2.30. The van der Waals surface area contributed by atoms with Crippen LogP contribution in [0.15, 0.2) is 33.9 Å². The van der Waals surface area contributed by atoms with E-state index in [0.717, 1.165) is 22.8 Å². The lowest BCUT2D eigenvalue weighted by molar-refractivity contribution is 0.414. The van der Waals surface area contributed by atoms with Gasteiger partial charge >= 0.3 is 5.69 Å². The van der Waals surface area contributed by atoms with Crippen molar-refractivity contribution in [3.05, 3.63) is 68.1 Å². The van der Waals surface area contributed by atoms with Gasteiger partial charge in [-0.3, -0.25) is 14.3 Å². The maximum absolute atomic E-state index is 14.2. The second-order valence-corrected chi connectivity index (χ2v) is 5.10. The Kier molecular flexibility index (Phi) is 3.67. The van der Waals surface area contributed by atoms with Crippen molar-refractivity contribution in [1.82, 2.24) is 9.55 Å². The number of methoxy groups -OCH3 is 1. The summed E-state index contributed by atoms with van der Waals surface area (Å²) in [5, 5.41) is -0.157. The Balaban J connectivity index is 2.60. The number of H-pyrrole nitrogens is 1. The van der Waals surface area contributed by atoms with Crippen molar-refractivity contribution >= 4 is 10.9 Å². The van der Waals surface area contributed by atoms with E-state index < -0.39 is 28.7 Å². The highest BCUT2D eigenvalue weighted by molar-refractivity contribution is 5.88. The molecule has 0 fully saturated rings. The second kappa shape index (κ2) is 5.55. The predicted molar refractivity (Wildman–Crippen MR) is 81.3 cm³/mol. The molecule has 5 nitrogen and oxygen atoms in total. The largest absolute Gasteiger partial charge is 0.494 e. The Morgan fingerprint density at radius 1 is 1.08 bits per heavy atom. The molecule has 0 aliphatic heterocycles. The number of hydrogen-bond acceptors (Lipinski definition) is 3. The Bertz CT molecular complexity index is 1090. The molecule has 0 radical (unpaired) electrons. The average Bonchev–Trinajstić information content (AvgIpc) is 2.51. The van der Waals surface area contributed by atoms with Gasteiger partial charge in [0.15, 0.2) is 0 Å². The monoisotopic (exact) mass is 336 g/mol. The maximum atomic E-state index is 14.2. The van der Waals surface area contributed by atoms with Crippen molar-refractivity contribution in [2.75, 3.05) is 7.11 Å². The van der Waals surface area contributed by atoms with Gasteiger partial charge in [0, 0.05) is 12.1 Å². The summed E-state index contributed by atoms with van der Waals surface area (Å²) in [5.74, 6) is -2.68. The van der Waals surface area contributed by atoms with Crippen LogP contribution in [-0.4, -0.2) is 16.7 Å². The number of nitrogens with zero attached hydrogens (tertiary/aromatic N) is 1. The first-order chi connectivity index (χ1) is 11.3. The molecule has 1 heterocycles. The van der Waals surface area contributed by atoms with E-state index in [-0.39, 0.29) is 27.9 Å². The number of ether oxygens (including phenoxy) is 1. The van der Waals surface area contributed by atoms with Crippen LogP contribution in [0.25, 0.3) is 16.6 Å². The number of halogens is 3. The van der Waals surface area contributed by atoms with E-state index in [1.54, 1.807) is 0 Å². The van der Waals surface area contributed by atoms with Crippen LogP contribution >= 0.6 is 0 Å². The van der Waals surface area contributed by atoms with E-state index in [1.807, 2.05) is 4.98 Å². The Hall–Kier alpha value is -3.03. The van der Waals surface area contributed by atoms with Gasteiger partial charge < -0.3 is 4.74 Å². The molecule has 0 saturated carbocycles. The van der Waals surface area contributed by atoms with E-state index in [9.17, 15) is 22.8 Å². The molecule has 24 heavy (non-hydrogen) atoms. The standard InChI is InChI=1S/C16H11F3N2O3/c1-7-9(18)6-12(24-2)14-13(7)15(22)20-16(23)21(14)11-4-3-8(17)5-10(11)19/h3-6H,1-2H3,(H,20,22,23). The first-order valence-electron chi connectivity index (χ1n) is 6.82. The number of benzene rings is 2. The molecule has 2 aromatic carbocycles. The minimum absolute atomic E-state index is 0.0247. The molecular formula is C16H11F3N2O3. The van der Waals surface area contributed by atoms with E-state index in [4.69, 9.17) is 4.74 Å². The number of aryl methyl sites for hydroxylation is 1. The zero-order chi connectivity index (χ0) is 17.6. The topological polar surface area (TPSA) is 64.1 Å². The molecule has 0 amide bonds. The molecule has 1 N–H and O–H groups in total. The summed E-state index contributed by atoms with van der Waals surface area (Å²) < 4.78 is 47.2. The van der Waals surface area contributed by atoms with Crippen LogP contribution in [0.1, 0.15) is 5.56 Å². The van der Waals surface area contributed by atoms with E-state index in [0.29, 0.717) is 6.07 Å². The van der Waals surface area contributed by atoms with Crippen LogP contribution in [0.2, 0.25) is 0 Å². The van der Waals surface area contributed by atoms with Gasteiger partial charge in [0.2, 0.25) is 0 Å². The van der Waals surface area contributed by atoms with Crippen LogP contribution in [0.3, 0.4) is 0 Å². The minimum Gasteiger partial charge on any atom is -0.494 e. The first-order valence-corrected chi connectivity index (χ1v) is 6.82. The molecule has 0 aliphatic rings. The fraction of sp³-hybridized carbons (Fsp3) is 0.125. The summed E-state index contributed by atoms with van der Waals surface area (Å²) in [6, 6.07) is 3.60. The van der Waals surface area contributed by atoms with E-state index >= 15 is 0 Å². The minimum atomic E-state index is -1.02. The summed E-state index contributed by atoms with van der Waals surface area (Å²) in [6.07, 6.45) is 0. The fourth-order valence-corrected chi connectivity index (χ4v) is 2.58. The molecule has 0 bridgehead atoms. The Morgan fingerprint density at radius 3 is 2.42 bits per heavy atom. The summed E-state index contributed by atoms with van der Waals surface area (Å²) in [4.78, 5) is 26.4. The highest BCUT2D eigenvalue weighted by atomic mass is 19.1. The van der Waals surface area contributed by atoms with Crippen LogP contribution in [0, 0.1) is 24.4 Å². The highest BCUT2D eigenvalue weighted by Crippen LogP contribution is 2.29. The van der Waals surface area contributed by atoms with Crippen molar-refractivity contribution in [3.8, 4) is 11.4 Å². The number of nitrogens with one attached hydrogen (secondary N) is 1. The molecule has 1 aromatic heterocycles. The molecule has 0 atom stereocenters. The lowest BCUT2D eigenvalue weighted by atomic mass is 10.1. The van der Waals surface area contributed by atoms with Crippen LogP contribution in [-0.2, 0) is 0 Å². The molecule has 0 saturated heterocycles. The number of hydrogen-bond donors (Lipinski definition) is 1. The van der Waals surface area contributed by atoms with Gasteiger partial charge in [-0.05, 0) is 24.6 Å². The van der Waals surface area contributed by atoms with Gasteiger partial charge in [0.05, 0.1) is 18.2 Å². The van der Waals surface area contributed by atoms with Gasteiger partial charge in [-0.25, -0.2) is 18.0 Å². The molecule has 0 aliphatic carbocycles. The highest BCUT2D eigenvalue weighted by Gasteiger charge is 2.20. The van der Waals surface area contributed by atoms with E-state index in [2.05, 4.69) is 0 Å². The van der Waals surface area contributed by atoms with Crippen molar-refractivity contribution in [2.24, 2.45) is 0 Å². The quantitative estimate of drug-likeness (QED) is 0.782. The maximum Gasteiger partial charge on any atom is 0.333 e. The zero-order valence-corrected chi connectivity index (χ0v) is 12.6. The molecular weight excluding hydrogens is 325 g/mol. The summed E-state index contributed by atoms with van der Waals surface area (Å²) >= 11 is 0. The third kappa shape index (κ3) is 2.27. The van der Waals surface area contributed by atoms with Crippen molar-refractivity contribution < 1.29 is 17.9 Å². The van der Waals surface area contributed by atoms with Gasteiger partial charge in [-0.15, -0.1) is 0 Å². The zero-order valence-electron chi connectivity index (χ0n) is 12.6. The number of rotatable bonds is 2. The van der Waals surface area contributed by atoms with Crippen molar-refractivity contribution in [1.29, 1.82) is 0 Å². The smallest absolute Gasteiger partial charge is 0.333 e. The van der Waals surface area contributed by atoms with Gasteiger partial charge in [-0.1, -0.05) is 0 Å². The fourth-order valence-electron chi connectivity index (χ4n) is 2.58. The molecule has 8 heteroatoms. The predicted octanol–water partition coefficient (Wildman–Crippen LogP) is 2.41. The third-order valence-corrected chi connectivity index (χ3v) is 3.71. The first kappa shape index (κ1) is 15.9. The second-order valence-electron chi connectivity index (χ2n) is 5.10. The number of fused-ring (bicyclic) bond motifs is 1. The summed E-state index contributed by atoms with van der Waals surface area (Å²) in [7, 11) is 1.22. The summed E-state index contributed by atoms with van der Waals surface area (Å²) in [5.41, 5.74) is -2.21. The molecule has 3 rings (SSSR count). The van der Waals surface area contributed by atoms with Gasteiger partial charge in [0.1, 0.15) is 28.7 Å². The number of aromatic amines is 1. The SMILES string of the molecule is COc1cc(F)c(C)c2c(=O)[nH]c(=O)n(-c3ccc(F)cc3F)c12. The molecule has 0 spiro atoms. The van der Waals surface area contributed by atoms with Crippen LogP contribution < -0.4 is 16.0 Å². The third-order valence-electron chi connectivity index (χ3n) is 3.71.